The van der Waals surface area contributed by atoms with Crippen LogP contribution in [-0.4, -0.2) is 37.2 Å². The third-order valence-corrected chi connectivity index (χ3v) is 13.0. The lowest BCUT2D eigenvalue weighted by Crippen LogP contribution is -2.30. The molecule has 0 amide bonds. The largest absolute Gasteiger partial charge is 0.462 e. The van der Waals surface area contributed by atoms with Crippen molar-refractivity contribution in [2.75, 3.05) is 13.2 Å². The molecule has 0 radical (unpaired) electrons. The third-order valence-electron chi connectivity index (χ3n) is 13.0. The predicted molar refractivity (Wildman–Crippen MR) is 325 cm³/mol. The minimum Gasteiger partial charge on any atom is -0.462 e. The van der Waals surface area contributed by atoms with Crippen molar-refractivity contribution in [1.82, 2.24) is 0 Å². The number of carbonyl (C=O) groups excluding carboxylic acids is 3. The number of carbonyl (C=O) groups is 3. The van der Waals surface area contributed by atoms with E-state index in [0.29, 0.717) is 19.3 Å². The fourth-order valence-electron chi connectivity index (χ4n) is 8.38. The number of allylic oxidation sites excluding steroid dienone is 20. The highest BCUT2D eigenvalue weighted by Gasteiger charge is 2.19. The van der Waals surface area contributed by atoms with E-state index in [1.165, 1.54) is 96.3 Å². The van der Waals surface area contributed by atoms with Gasteiger partial charge in [-0.1, -0.05) is 271 Å². The van der Waals surface area contributed by atoms with Gasteiger partial charge >= 0.3 is 17.9 Å². The summed E-state index contributed by atoms with van der Waals surface area (Å²) in [4.78, 5) is 38.3. The number of hydrogen-bond donors (Lipinski definition) is 0. The summed E-state index contributed by atoms with van der Waals surface area (Å²) >= 11 is 0. The minimum absolute atomic E-state index is 0.0907. The lowest BCUT2D eigenvalue weighted by Gasteiger charge is -2.18. The van der Waals surface area contributed by atoms with E-state index >= 15 is 0 Å². The van der Waals surface area contributed by atoms with Crippen molar-refractivity contribution in [2.45, 2.75) is 284 Å². The van der Waals surface area contributed by atoms with Crippen LogP contribution in [0.5, 0.6) is 0 Å². The molecule has 75 heavy (non-hydrogen) atoms. The van der Waals surface area contributed by atoms with Crippen molar-refractivity contribution in [1.29, 1.82) is 0 Å². The number of ether oxygens (including phenoxy) is 3. The molecule has 0 saturated heterocycles. The van der Waals surface area contributed by atoms with Crippen molar-refractivity contribution in [2.24, 2.45) is 0 Å². The average Bonchev–Trinajstić information content (AvgIpc) is 3.41. The molecule has 0 aromatic carbocycles. The summed E-state index contributed by atoms with van der Waals surface area (Å²) in [7, 11) is 0. The Morgan fingerprint density at radius 1 is 0.280 bits per heavy atom. The second kappa shape index (κ2) is 62.4. The molecule has 0 spiro atoms. The van der Waals surface area contributed by atoms with E-state index in [1.54, 1.807) is 0 Å². The molecule has 0 aliphatic carbocycles. The Balaban J connectivity index is 4.37. The minimum atomic E-state index is -0.797. The van der Waals surface area contributed by atoms with Crippen molar-refractivity contribution >= 4 is 17.9 Å². The normalized spacial score (nSPS) is 12.9. The second-order valence-electron chi connectivity index (χ2n) is 20.2. The first-order valence-corrected chi connectivity index (χ1v) is 31.0. The molecule has 1 atom stereocenters. The van der Waals surface area contributed by atoms with Crippen LogP contribution in [0.15, 0.2) is 122 Å². The van der Waals surface area contributed by atoms with Crippen molar-refractivity contribution in [3.05, 3.63) is 122 Å². The van der Waals surface area contributed by atoms with E-state index in [4.69, 9.17) is 14.2 Å². The monoisotopic (exact) mass is 1040 g/mol. The molecule has 426 valence electrons. The Morgan fingerprint density at radius 3 is 0.813 bits per heavy atom. The van der Waals surface area contributed by atoms with Gasteiger partial charge in [0.25, 0.3) is 0 Å². The molecular formula is C69H114O6. The first kappa shape index (κ1) is 70.8. The summed E-state index contributed by atoms with van der Waals surface area (Å²) < 4.78 is 16.9. The Morgan fingerprint density at radius 2 is 0.520 bits per heavy atom. The smallest absolute Gasteiger partial charge is 0.306 e. The number of unbranched alkanes of at least 4 members (excludes halogenated alkanes) is 24. The summed E-state index contributed by atoms with van der Waals surface area (Å²) in [5.74, 6) is -0.920. The van der Waals surface area contributed by atoms with Crippen molar-refractivity contribution in [3.8, 4) is 0 Å². The quantitative estimate of drug-likeness (QED) is 0.0261. The number of rotatable bonds is 55. The Labute approximate surface area is 462 Å². The predicted octanol–water partition coefficient (Wildman–Crippen LogP) is 21.2. The number of esters is 3. The van der Waals surface area contributed by atoms with Gasteiger partial charge in [0.15, 0.2) is 6.10 Å². The lowest BCUT2D eigenvalue weighted by atomic mass is 10.0. The molecule has 0 aliphatic rings. The standard InChI is InChI=1S/C69H114O6/c1-4-7-10-13-16-19-22-25-27-29-30-31-32-33-34-35-36-37-38-40-41-44-47-50-53-56-59-62-68(71)74-65-66(64-73-67(70)61-58-55-52-49-46-43-24-21-18-15-12-9-6-3)75-69(72)63-60-57-54-51-48-45-42-39-28-26-23-20-17-14-11-8-5-2/h7-8,10-11,16-17,19-20,25-28,30-31,33-34,36-37,42,45,66H,4-6,9,12-15,18,21-24,29,32,35,38-41,43-44,46-65H2,1-3H3/b10-7-,11-8-,19-16-,20-17-,27-25-,28-26-,31-30-,34-33-,37-36-,45-42-. The van der Waals surface area contributed by atoms with Gasteiger partial charge in [-0.3, -0.25) is 14.4 Å². The fourth-order valence-corrected chi connectivity index (χ4v) is 8.38. The highest BCUT2D eigenvalue weighted by molar-refractivity contribution is 5.71. The molecule has 6 heteroatoms. The molecule has 0 bridgehead atoms. The van der Waals surface area contributed by atoms with Crippen LogP contribution < -0.4 is 0 Å². The molecule has 0 fully saturated rings. The molecule has 0 rings (SSSR count). The van der Waals surface area contributed by atoms with E-state index in [9.17, 15) is 14.4 Å². The molecule has 0 aromatic rings. The van der Waals surface area contributed by atoms with E-state index in [0.717, 1.165) is 141 Å². The van der Waals surface area contributed by atoms with Crippen LogP contribution in [0.1, 0.15) is 278 Å². The summed E-state index contributed by atoms with van der Waals surface area (Å²) in [5, 5.41) is 0. The molecule has 0 aromatic heterocycles. The second-order valence-corrected chi connectivity index (χ2v) is 20.2. The van der Waals surface area contributed by atoms with Gasteiger partial charge in [0.05, 0.1) is 0 Å². The van der Waals surface area contributed by atoms with Crippen LogP contribution in [0, 0.1) is 0 Å². The van der Waals surface area contributed by atoms with E-state index in [-0.39, 0.29) is 31.1 Å². The maximum Gasteiger partial charge on any atom is 0.306 e. The summed E-state index contributed by atoms with van der Waals surface area (Å²) in [6, 6.07) is 0. The molecule has 0 saturated carbocycles. The zero-order valence-electron chi connectivity index (χ0n) is 48.8. The van der Waals surface area contributed by atoms with Gasteiger partial charge in [-0.25, -0.2) is 0 Å². The highest BCUT2D eigenvalue weighted by atomic mass is 16.6. The van der Waals surface area contributed by atoms with Crippen molar-refractivity contribution < 1.29 is 28.6 Å². The van der Waals surface area contributed by atoms with Crippen LogP contribution in [0.3, 0.4) is 0 Å². The van der Waals surface area contributed by atoms with Gasteiger partial charge in [0.2, 0.25) is 0 Å². The molecule has 0 aliphatic heterocycles. The zero-order chi connectivity index (χ0) is 54.3. The number of hydrogen-bond acceptors (Lipinski definition) is 6. The first-order valence-electron chi connectivity index (χ1n) is 31.0. The third kappa shape index (κ3) is 60.6. The van der Waals surface area contributed by atoms with Crippen LogP contribution in [0.25, 0.3) is 0 Å². The van der Waals surface area contributed by atoms with Gasteiger partial charge in [-0.15, -0.1) is 0 Å². The maximum atomic E-state index is 12.9. The van der Waals surface area contributed by atoms with Crippen LogP contribution in [0.2, 0.25) is 0 Å². The molecular weight excluding hydrogens is 925 g/mol. The molecule has 6 nitrogen and oxygen atoms in total. The highest BCUT2D eigenvalue weighted by Crippen LogP contribution is 2.15. The Hall–Kier alpha value is -4.19. The summed E-state index contributed by atoms with van der Waals surface area (Å²) in [6.45, 7) is 6.39. The van der Waals surface area contributed by atoms with Gasteiger partial charge in [0.1, 0.15) is 13.2 Å². The lowest BCUT2D eigenvalue weighted by molar-refractivity contribution is -0.167. The first-order chi connectivity index (χ1) is 37.0. The molecule has 0 N–H and O–H groups in total. The van der Waals surface area contributed by atoms with Gasteiger partial charge in [-0.2, -0.15) is 0 Å². The summed E-state index contributed by atoms with van der Waals surface area (Å²) in [5.41, 5.74) is 0. The topological polar surface area (TPSA) is 78.9 Å². The van der Waals surface area contributed by atoms with Gasteiger partial charge in [-0.05, 0) is 109 Å². The van der Waals surface area contributed by atoms with Gasteiger partial charge < -0.3 is 14.2 Å². The average molecular weight is 1040 g/mol. The van der Waals surface area contributed by atoms with Crippen LogP contribution in [0.4, 0.5) is 0 Å². The van der Waals surface area contributed by atoms with E-state index < -0.39 is 6.10 Å². The van der Waals surface area contributed by atoms with Crippen molar-refractivity contribution in [3.63, 3.8) is 0 Å². The van der Waals surface area contributed by atoms with E-state index in [2.05, 4.69) is 142 Å². The van der Waals surface area contributed by atoms with Crippen LogP contribution >= 0.6 is 0 Å². The Bertz CT molecular complexity index is 1570. The Kier molecular flexibility index (Phi) is 58.9. The van der Waals surface area contributed by atoms with Gasteiger partial charge in [0, 0.05) is 19.3 Å². The van der Waals surface area contributed by atoms with E-state index in [1.807, 2.05) is 0 Å². The molecule has 1 unspecified atom stereocenters. The summed E-state index contributed by atoms with van der Waals surface area (Å²) in [6.07, 6.45) is 86.2. The zero-order valence-corrected chi connectivity index (χ0v) is 48.8. The SMILES string of the molecule is CC/C=C\C/C=C\C/C=C\C/C=C\C/C=C\C/C=C\CCCCCCCCCCC(=O)OCC(COC(=O)CCCCCCCCCCCCCCC)OC(=O)CCCCCC/C=C\C/C=C\C/C=C\C/C=C\CC. The maximum absolute atomic E-state index is 12.9. The molecule has 0 heterocycles. The van der Waals surface area contributed by atoms with Crippen LogP contribution in [-0.2, 0) is 28.6 Å². The fraction of sp³-hybridized carbons (Fsp3) is 0.667.